The van der Waals surface area contributed by atoms with Gasteiger partial charge in [0.05, 0.1) is 25.7 Å². The van der Waals surface area contributed by atoms with E-state index in [1.165, 1.54) is 11.6 Å². The van der Waals surface area contributed by atoms with Crippen molar-refractivity contribution in [1.82, 2.24) is 9.80 Å². The summed E-state index contributed by atoms with van der Waals surface area (Å²) in [5.41, 5.74) is 1.80. The van der Waals surface area contributed by atoms with Crippen LogP contribution in [0.4, 0.5) is 0 Å². The smallest absolute Gasteiger partial charge is 0.245 e. The first-order valence-electron chi connectivity index (χ1n) is 9.81. The summed E-state index contributed by atoms with van der Waals surface area (Å²) in [6.45, 7) is 9.53. The molecule has 1 fully saturated rings. The molecule has 6 nitrogen and oxygen atoms in total. The number of carbonyl (C=O) groups is 2. The lowest BCUT2D eigenvalue weighted by Crippen LogP contribution is -2.54. The number of nitrogens with zero attached hydrogens (tertiary/aromatic N) is 2. The number of hydrogen-bond acceptors (Lipinski definition) is 4. The summed E-state index contributed by atoms with van der Waals surface area (Å²) in [6.07, 6.45) is 3.75. The van der Waals surface area contributed by atoms with E-state index >= 15 is 0 Å². The average Bonchev–Trinajstić information content (AvgIpc) is 2.71. The first-order chi connectivity index (χ1) is 13.3. The molecular weight excluding hydrogens is 356 g/mol. The maximum Gasteiger partial charge on any atom is 0.245 e. The van der Waals surface area contributed by atoms with Gasteiger partial charge in [0.1, 0.15) is 0 Å². The Balaban J connectivity index is 1.87. The maximum atomic E-state index is 13.4. The van der Waals surface area contributed by atoms with E-state index in [4.69, 9.17) is 9.47 Å². The van der Waals surface area contributed by atoms with E-state index in [1.54, 1.807) is 19.1 Å². The second-order valence-electron chi connectivity index (χ2n) is 7.99. The zero-order chi connectivity index (χ0) is 20.5. The topological polar surface area (TPSA) is 59.1 Å². The quantitative estimate of drug-likeness (QED) is 0.747. The van der Waals surface area contributed by atoms with Crippen molar-refractivity contribution in [2.24, 2.45) is 5.92 Å². The van der Waals surface area contributed by atoms with Gasteiger partial charge in [0.25, 0.3) is 0 Å². The number of amides is 2. The monoisotopic (exact) mass is 386 g/mol. The van der Waals surface area contributed by atoms with Crippen LogP contribution in [-0.4, -0.2) is 55.5 Å². The van der Waals surface area contributed by atoms with Crippen molar-refractivity contribution in [3.8, 4) is 11.5 Å². The van der Waals surface area contributed by atoms with Crippen LogP contribution in [0.25, 0.3) is 0 Å². The molecule has 0 radical (unpaired) electrons. The van der Waals surface area contributed by atoms with E-state index in [0.29, 0.717) is 31.1 Å². The summed E-state index contributed by atoms with van der Waals surface area (Å²) >= 11 is 0. The summed E-state index contributed by atoms with van der Waals surface area (Å²) in [6, 6.07) is 4.00. The van der Waals surface area contributed by atoms with Gasteiger partial charge in [-0.2, -0.15) is 0 Å². The number of fused-ring (bicyclic) bond motifs is 1. The van der Waals surface area contributed by atoms with Crippen LogP contribution in [-0.2, 0) is 21.5 Å². The van der Waals surface area contributed by atoms with Crippen LogP contribution in [0.2, 0.25) is 0 Å². The Labute approximate surface area is 167 Å². The molecule has 6 heteroatoms. The lowest BCUT2D eigenvalue weighted by Gasteiger charge is -2.46. The Kier molecular flexibility index (Phi) is 5.68. The summed E-state index contributed by atoms with van der Waals surface area (Å²) < 4.78 is 10.9. The number of ether oxygens (including phenoxy) is 2. The number of likely N-dealkylation sites (tertiary alicyclic amines) is 1. The summed E-state index contributed by atoms with van der Waals surface area (Å²) in [7, 11) is 3.25. The molecule has 2 amide bonds. The highest BCUT2D eigenvalue weighted by molar-refractivity contribution is 5.88. The zero-order valence-electron chi connectivity index (χ0n) is 17.3. The molecule has 152 valence electrons. The third kappa shape index (κ3) is 3.48. The fourth-order valence-electron chi connectivity index (χ4n) is 4.47. The minimum absolute atomic E-state index is 0.0995. The highest BCUT2D eigenvalue weighted by Gasteiger charge is 2.41. The highest BCUT2D eigenvalue weighted by Crippen LogP contribution is 2.42. The summed E-state index contributed by atoms with van der Waals surface area (Å²) in [5.74, 6) is 1.23. The molecule has 2 aliphatic heterocycles. The summed E-state index contributed by atoms with van der Waals surface area (Å²) in [5, 5.41) is 0. The van der Waals surface area contributed by atoms with Gasteiger partial charge in [-0.05, 0) is 62.4 Å². The van der Waals surface area contributed by atoms with Gasteiger partial charge in [0.2, 0.25) is 11.8 Å². The SMILES string of the molecule is C=CC(=O)N1CCCC(C(=O)N2CCc3cc(OC)c(OC)cc3C2(C)C)C1. The van der Waals surface area contributed by atoms with Crippen LogP contribution in [0.3, 0.4) is 0 Å². The first-order valence-corrected chi connectivity index (χ1v) is 9.81. The van der Waals surface area contributed by atoms with Crippen LogP contribution in [0.1, 0.15) is 37.8 Å². The zero-order valence-corrected chi connectivity index (χ0v) is 17.3. The third-order valence-electron chi connectivity index (χ3n) is 6.07. The second-order valence-corrected chi connectivity index (χ2v) is 7.99. The summed E-state index contributed by atoms with van der Waals surface area (Å²) in [4.78, 5) is 29.1. The van der Waals surface area contributed by atoms with Crippen molar-refractivity contribution in [3.05, 3.63) is 35.9 Å². The van der Waals surface area contributed by atoms with Crippen molar-refractivity contribution >= 4 is 11.8 Å². The van der Waals surface area contributed by atoms with Gasteiger partial charge in [0, 0.05) is 19.6 Å². The van der Waals surface area contributed by atoms with Crippen LogP contribution >= 0.6 is 0 Å². The standard InChI is InChI=1S/C22H30N2O4/c1-6-20(25)23-10-7-8-16(14-23)21(26)24-11-9-15-12-18(27-4)19(28-5)13-17(15)22(24,2)3/h6,12-13,16H,1,7-11,14H2,2-5H3. The number of rotatable bonds is 4. The molecular formula is C22H30N2O4. The number of benzene rings is 1. The molecule has 2 aliphatic rings. The van der Waals surface area contributed by atoms with E-state index in [-0.39, 0.29) is 17.7 Å². The largest absolute Gasteiger partial charge is 0.493 e. The van der Waals surface area contributed by atoms with Crippen LogP contribution < -0.4 is 9.47 Å². The fourth-order valence-corrected chi connectivity index (χ4v) is 4.47. The fraction of sp³-hybridized carbons (Fsp3) is 0.545. The molecule has 0 spiro atoms. The van der Waals surface area contributed by atoms with E-state index in [0.717, 1.165) is 24.8 Å². The Hall–Kier alpha value is -2.50. The van der Waals surface area contributed by atoms with Gasteiger partial charge in [-0.15, -0.1) is 0 Å². The Morgan fingerprint density at radius 3 is 2.50 bits per heavy atom. The van der Waals surface area contributed by atoms with E-state index in [9.17, 15) is 9.59 Å². The molecule has 2 heterocycles. The molecule has 0 aromatic heterocycles. The Morgan fingerprint density at radius 2 is 1.86 bits per heavy atom. The van der Waals surface area contributed by atoms with Gasteiger partial charge in [0.15, 0.2) is 11.5 Å². The van der Waals surface area contributed by atoms with Gasteiger partial charge < -0.3 is 19.3 Å². The average molecular weight is 386 g/mol. The van der Waals surface area contributed by atoms with Gasteiger partial charge in [-0.3, -0.25) is 9.59 Å². The molecule has 1 aromatic carbocycles. The van der Waals surface area contributed by atoms with Gasteiger partial charge in [-0.25, -0.2) is 0 Å². The van der Waals surface area contributed by atoms with Crippen LogP contribution in [0.15, 0.2) is 24.8 Å². The van der Waals surface area contributed by atoms with Crippen molar-refractivity contribution in [2.75, 3.05) is 33.9 Å². The number of carbonyl (C=O) groups excluding carboxylic acids is 2. The normalized spacial score (nSPS) is 20.9. The Bertz CT molecular complexity index is 787. The molecule has 0 N–H and O–H groups in total. The first kappa shape index (κ1) is 20.2. The predicted molar refractivity (Wildman–Crippen MR) is 107 cm³/mol. The van der Waals surface area contributed by atoms with E-state index in [1.807, 2.05) is 17.0 Å². The molecule has 0 aliphatic carbocycles. The molecule has 28 heavy (non-hydrogen) atoms. The van der Waals surface area contributed by atoms with Gasteiger partial charge >= 0.3 is 0 Å². The molecule has 1 aromatic rings. The minimum Gasteiger partial charge on any atom is -0.493 e. The van der Waals surface area contributed by atoms with Crippen LogP contribution in [0, 0.1) is 5.92 Å². The lowest BCUT2D eigenvalue weighted by atomic mass is 9.81. The minimum atomic E-state index is -0.463. The predicted octanol–water partition coefficient (Wildman–Crippen LogP) is 2.75. The van der Waals surface area contributed by atoms with Crippen molar-refractivity contribution < 1.29 is 19.1 Å². The lowest BCUT2D eigenvalue weighted by molar-refractivity contribution is -0.145. The van der Waals surface area contributed by atoms with E-state index in [2.05, 4.69) is 20.4 Å². The van der Waals surface area contributed by atoms with E-state index < -0.39 is 5.54 Å². The highest BCUT2D eigenvalue weighted by atomic mass is 16.5. The molecule has 0 saturated carbocycles. The number of piperidine rings is 1. The molecule has 3 rings (SSSR count). The molecule has 1 atom stereocenters. The van der Waals surface area contributed by atoms with Crippen LogP contribution in [0.5, 0.6) is 11.5 Å². The number of hydrogen-bond donors (Lipinski definition) is 0. The van der Waals surface area contributed by atoms with Crippen molar-refractivity contribution in [2.45, 2.75) is 38.6 Å². The molecule has 1 unspecified atom stereocenters. The van der Waals surface area contributed by atoms with Gasteiger partial charge in [-0.1, -0.05) is 6.58 Å². The molecule has 1 saturated heterocycles. The van der Waals surface area contributed by atoms with Crippen molar-refractivity contribution in [1.29, 1.82) is 0 Å². The third-order valence-corrected chi connectivity index (χ3v) is 6.07. The van der Waals surface area contributed by atoms with Crippen molar-refractivity contribution in [3.63, 3.8) is 0 Å². The Morgan fingerprint density at radius 1 is 1.18 bits per heavy atom. The number of methoxy groups -OCH3 is 2. The second kappa shape index (κ2) is 7.86. The molecule has 0 bridgehead atoms. The maximum absolute atomic E-state index is 13.4.